The molecule has 2 bridgehead atoms. The summed E-state index contributed by atoms with van der Waals surface area (Å²) in [5.41, 5.74) is 1.59. The number of rotatable bonds is 5. The summed E-state index contributed by atoms with van der Waals surface area (Å²) in [5, 5.41) is 3.57. The number of carbonyl (C=O) groups is 3. The van der Waals surface area contributed by atoms with Crippen LogP contribution in [0.3, 0.4) is 0 Å². The van der Waals surface area contributed by atoms with Gasteiger partial charge in [0.05, 0.1) is 28.1 Å². The lowest BCUT2D eigenvalue weighted by Gasteiger charge is -2.43. The Balaban J connectivity index is 1.15. The monoisotopic (exact) mass is 709 g/mol. The van der Waals surface area contributed by atoms with E-state index in [-0.39, 0.29) is 51.3 Å². The number of benzene rings is 3. The molecule has 246 valence electrons. The second-order valence-electron chi connectivity index (χ2n) is 12.9. The van der Waals surface area contributed by atoms with E-state index >= 15 is 0 Å². The number of imide groups is 1. The predicted octanol–water partition coefficient (Wildman–Crippen LogP) is 7.21. The molecule has 48 heavy (non-hydrogen) atoms. The number of anilines is 2. The highest BCUT2D eigenvalue weighted by molar-refractivity contribution is 8.00. The first-order valence-corrected chi connectivity index (χ1v) is 17.6. The van der Waals surface area contributed by atoms with E-state index in [2.05, 4.69) is 5.32 Å². The van der Waals surface area contributed by atoms with Crippen molar-refractivity contribution >= 4 is 63.8 Å². The number of aromatic nitrogens is 1. The number of carbonyl (C=O) groups excluding carboxylic acids is 3. The number of thioether (sulfide) groups is 1. The summed E-state index contributed by atoms with van der Waals surface area (Å²) < 4.78 is 41.2. The molecule has 1 N–H and O–H groups in total. The van der Waals surface area contributed by atoms with Gasteiger partial charge in [0.2, 0.25) is 17.7 Å². The number of thiazole rings is 1. The molecule has 13 heteroatoms. The van der Waals surface area contributed by atoms with Gasteiger partial charge in [-0.15, -0.1) is 11.8 Å². The number of nitrogens with zero attached hydrogens (tertiary/aromatic N) is 2. The molecule has 1 aromatic heterocycles. The summed E-state index contributed by atoms with van der Waals surface area (Å²) in [5.74, 6) is -2.48. The van der Waals surface area contributed by atoms with Gasteiger partial charge in [0, 0.05) is 26.8 Å². The van der Waals surface area contributed by atoms with Gasteiger partial charge in [0.25, 0.3) is 0 Å². The van der Waals surface area contributed by atoms with E-state index in [9.17, 15) is 32.3 Å². The second-order valence-corrected chi connectivity index (χ2v) is 15.5. The van der Waals surface area contributed by atoms with Crippen LogP contribution in [0, 0.1) is 36.5 Å². The zero-order valence-electron chi connectivity index (χ0n) is 25.2. The molecule has 3 amide bonds. The van der Waals surface area contributed by atoms with Crippen LogP contribution < -0.4 is 15.1 Å². The first kappa shape index (κ1) is 31.4. The van der Waals surface area contributed by atoms with E-state index in [4.69, 9.17) is 11.6 Å². The molecule has 2 aliphatic heterocycles. The van der Waals surface area contributed by atoms with E-state index in [0.29, 0.717) is 22.2 Å². The highest BCUT2D eigenvalue weighted by atomic mass is 35.5. The van der Waals surface area contributed by atoms with Crippen molar-refractivity contribution in [2.24, 2.45) is 29.6 Å². The SMILES string of the molecule is Cc1ccc(N2C(=O)C3C4CC(C3C2=O)C2C(c3ccc(Cl)cc3)c3sc(=O)n(CC(=O)Nc5cccc(C(F)(F)F)c5)c3SC42)cc1. The highest BCUT2D eigenvalue weighted by Gasteiger charge is 2.69. The largest absolute Gasteiger partial charge is 0.416 e. The van der Waals surface area contributed by atoms with Crippen LogP contribution in [0.4, 0.5) is 24.5 Å². The average molecular weight is 710 g/mol. The summed E-state index contributed by atoms with van der Waals surface area (Å²) >= 11 is 8.78. The number of alkyl halides is 3. The Labute approximate surface area is 286 Å². The van der Waals surface area contributed by atoms with Gasteiger partial charge in [-0.1, -0.05) is 58.8 Å². The molecule has 0 spiro atoms. The molecule has 1 saturated heterocycles. The van der Waals surface area contributed by atoms with Gasteiger partial charge in [-0.3, -0.25) is 28.6 Å². The fraction of sp³-hybridized carbons (Fsp3) is 0.314. The van der Waals surface area contributed by atoms with Crippen molar-refractivity contribution in [2.45, 2.75) is 42.3 Å². The van der Waals surface area contributed by atoms with E-state index in [0.717, 1.165) is 39.5 Å². The molecule has 4 aliphatic rings. The predicted molar refractivity (Wildman–Crippen MR) is 177 cm³/mol. The highest BCUT2D eigenvalue weighted by Crippen LogP contribution is 2.69. The van der Waals surface area contributed by atoms with Gasteiger partial charge < -0.3 is 5.32 Å². The molecule has 8 rings (SSSR count). The minimum atomic E-state index is -4.57. The Bertz CT molecular complexity index is 2050. The number of amides is 3. The summed E-state index contributed by atoms with van der Waals surface area (Å²) in [6.45, 7) is 1.55. The van der Waals surface area contributed by atoms with Crippen LogP contribution in [0.15, 0.2) is 82.6 Å². The van der Waals surface area contributed by atoms with Gasteiger partial charge in [0.15, 0.2) is 0 Å². The third-order valence-corrected chi connectivity index (χ3v) is 13.3. The maximum Gasteiger partial charge on any atom is 0.416 e. The molecule has 7 unspecified atom stereocenters. The zero-order valence-corrected chi connectivity index (χ0v) is 27.6. The quantitative estimate of drug-likeness (QED) is 0.222. The van der Waals surface area contributed by atoms with Gasteiger partial charge in [-0.2, -0.15) is 13.2 Å². The van der Waals surface area contributed by atoms with Crippen LogP contribution in [-0.4, -0.2) is 27.5 Å². The third-order valence-electron chi connectivity index (χ3n) is 10.2. The minimum Gasteiger partial charge on any atom is -0.325 e. The lowest BCUT2D eigenvalue weighted by molar-refractivity contribution is -0.137. The lowest BCUT2D eigenvalue weighted by Crippen LogP contribution is -2.43. The van der Waals surface area contributed by atoms with Crippen LogP contribution in [-0.2, 0) is 27.1 Å². The Morgan fingerprint density at radius 2 is 1.65 bits per heavy atom. The summed E-state index contributed by atoms with van der Waals surface area (Å²) in [7, 11) is 0. The minimum absolute atomic E-state index is 0.0274. The van der Waals surface area contributed by atoms with Crippen LogP contribution in [0.1, 0.15) is 33.9 Å². The van der Waals surface area contributed by atoms with Crippen molar-refractivity contribution < 1.29 is 27.6 Å². The Kier molecular flexibility index (Phi) is 7.42. The summed E-state index contributed by atoms with van der Waals surface area (Å²) in [6.07, 6.45) is -3.87. The van der Waals surface area contributed by atoms with Crippen molar-refractivity contribution in [3.05, 3.63) is 109 Å². The molecule has 7 atom stereocenters. The van der Waals surface area contributed by atoms with Gasteiger partial charge in [-0.25, -0.2) is 0 Å². The lowest BCUT2D eigenvalue weighted by atomic mass is 9.68. The molecule has 0 radical (unpaired) electrons. The Hall–Kier alpha value is -3.87. The summed E-state index contributed by atoms with van der Waals surface area (Å²) in [4.78, 5) is 56.4. The van der Waals surface area contributed by atoms with E-state index in [1.165, 1.54) is 33.4 Å². The van der Waals surface area contributed by atoms with Crippen molar-refractivity contribution in [2.75, 3.05) is 10.2 Å². The Morgan fingerprint density at radius 3 is 2.33 bits per heavy atom. The average Bonchev–Trinajstić information content (AvgIpc) is 3.76. The first-order valence-electron chi connectivity index (χ1n) is 15.5. The van der Waals surface area contributed by atoms with Crippen LogP contribution in [0.25, 0.3) is 0 Å². The van der Waals surface area contributed by atoms with Crippen molar-refractivity contribution in [3.8, 4) is 0 Å². The number of hydrogen-bond acceptors (Lipinski definition) is 6. The molecule has 3 fully saturated rings. The number of aryl methyl sites for hydroxylation is 1. The Morgan fingerprint density at radius 1 is 0.958 bits per heavy atom. The van der Waals surface area contributed by atoms with E-state index < -0.39 is 36.0 Å². The van der Waals surface area contributed by atoms with E-state index in [1.54, 1.807) is 24.3 Å². The van der Waals surface area contributed by atoms with Crippen molar-refractivity contribution in [1.29, 1.82) is 0 Å². The number of nitrogens with one attached hydrogen (secondary N) is 1. The second kappa shape index (κ2) is 11.3. The first-order chi connectivity index (χ1) is 22.9. The zero-order chi connectivity index (χ0) is 33.6. The summed E-state index contributed by atoms with van der Waals surface area (Å²) in [6, 6.07) is 19.1. The fourth-order valence-electron chi connectivity index (χ4n) is 8.36. The normalized spacial score (nSPS) is 27.2. The van der Waals surface area contributed by atoms with E-state index in [1.807, 2.05) is 31.2 Å². The number of hydrogen-bond donors (Lipinski definition) is 1. The molecular weight excluding hydrogens is 683 g/mol. The smallest absolute Gasteiger partial charge is 0.325 e. The topological polar surface area (TPSA) is 88.5 Å². The van der Waals surface area contributed by atoms with Crippen LogP contribution in [0.5, 0.6) is 0 Å². The number of halogens is 4. The maximum absolute atomic E-state index is 14.0. The fourth-order valence-corrected chi connectivity index (χ4v) is 11.6. The standard InChI is InChI=1S/C35H27ClF3N3O4S2/c1-16-5-11-21(12-6-16)42-31(44)27-22-14-23(28(27)32(42)45)29-26(22)25(17-7-9-19(36)10-8-17)30-33(47-29)41(34(46)48-30)15-24(43)40-20-4-2-3-18(13-20)35(37,38)39/h2-13,22-23,25-29H,14-15H2,1H3,(H,40,43). The number of fused-ring (bicyclic) bond motifs is 9. The van der Waals surface area contributed by atoms with Crippen LogP contribution >= 0.6 is 34.7 Å². The van der Waals surface area contributed by atoms with Gasteiger partial charge in [0.1, 0.15) is 6.54 Å². The molecule has 2 aliphatic carbocycles. The van der Waals surface area contributed by atoms with Gasteiger partial charge in [-0.05, 0) is 79.1 Å². The third kappa shape index (κ3) is 4.94. The van der Waals surface area contributed by atoms with Gasteiger partial charge >= 0.3 is 11.0 Å². The maximum atomic E-state index is 14.0. The molecule has 4 aromatic rings. The molecular formula is C35H27ClF3N3O4S2. The molecule has 3 heterocycles. The molecule has 3 aromatic carbocycles. The van der Waals surface area contributed by atoms with Crippen molar-refractivity contribution in [3.63, 3.8) is 0 Å². The van der Waals surface area contributed by atoms with Crippen molar-refractivity contribution in [1.82, 2.24) is 4.57 Å². The molecule has 2 saturated carbocycles. The molecule has 7 nitrogen and oxygen atoms in total. The van der Waals surface area contributed by atoms with Crippen LogP contribution in [0.2, 0.25) is 5.02 Å².